The minimum absolute atomic E-state index is 0.0545. The van der Waals surface area contributed by atoms with Crippen LogP contribution < -0.4 is 0 Å². The van der Waals surface area contributed by atoms with Gasteiger partial charge < -0.3 is 4.74 Å². The van der Waals surface area contributed by atoms with Gasteiger partial charge in [-0.25, -0.2) is 4.79 Å². The van der Waals surface area contributed by atoms with Crippen LogP contribution in [-0.2, 0) is 14.3 Å². The zero-order valence-corrected chi connectivity index (χ0v) is 12.8. The van der Waals surface area contributed by atoms with Gasteiger partial charge in [0, 0.05) is 17.9 Å². The van der Waals surface area contributed by atoms with Crippen LogP contribution in [0.25, 0.3) is 0 Å². The monoisotopic (exact) mass is 299 g/mol. The first-order valence-electron chi connectivity index (χ1n) is 6.27. The molecule has 2 aliphatic rings. The SMILES string of the molecule is CC1=CC(=O)O[C@@H]1CC(=O)N1C(=S)SC[C@@H]1C(C)C. The second kappa shape index (κ2) is 5.63. The van der Waals surface area contributed by atoms with E-state index in [1.807, 2.05) is 0 Å². The van der Waals surface area contributed by atoms with Crippen molar-refractivity contribution in [3.8, 4) is 0 Å². The number of rotatable bonds is 3. The molecule has 0 spiro atoms. The molecule has 2 atom stereocenters. The summed E-state index contributed by atoms with van der Waals surface area (Å²) in [6.07, 6.45) is 1.19. The van der Waals surface area contributed by atoms with Gasteiger partial charge >= 0.3 is 5.97 Å². The van der Waals surface area contributed by atoms with Gasteiger partial charge in [0.25, 0.3) is 0 Å². The van der Waals surface area contributed by atoms with Crippen LogP contribution in [0.4, 0.5) is 0 Å². The predicted molar refractivity (Wildman–Crippen MR) is 78.8 cm³/mol. The molecule has 0 aromatic heterocycles. The van der Waals surface area contributed by atoms with Gasteiger partial charge in [0.05, 0.1) is 6.42 Å². The zero-order valence-electron chi connectivity index (χ0n) is 11.2. The summed E-state index contributed by atoms with van der Waals surface area (Å²) < 4.78 is 5.74. The topological polar surface area (TPSA) is 46.6 Å². The second-order valence-corrected chi connectivity index (χ2v) is 6.82. The summed E-state index contributed by atoms with van der Waals surface area (Å²) in [6, 6.07) is 0.145. The summed E-state index contributed by atoms with van der Waals surface area (Å²) in [5.41, 5.74) is 0.803. The standard InChI is InChI=1S/C13H17NO3S2/c1-7(2)9-6-19-13(18)14(9)11(15)5-10-8(3)4-12(16)17-10/h4,7,9-10H,5-6H2,1-3H3/t9-,10-/m1/s1. The van der Waals surface area contributed by atoms with Crippen LogP contribution in [0.1, 0.15) is 27.2 Å². The molecule has 4 nitrogen and oxygen atoms in total. The summed E-state index contributed by atoms with van der Waals surface area (Å²) in [6.45, 7) is 5.97. The Kier molecular flexibility index (Phi) is 4.30. The fourth-order valence-electron chi connectivity index (χ4n) is 2.22. The quantitative estimate of drug-likeness (QED) is 0.590. The molecular weight excluding hydrogens is 282 g/mol. The number of esters is 1. The molecule has 104 valence electrons. The number of thioether (sulfide) groups is 1. The number of hydrogen-bond acceptors (Lipinski definition) is 5. The van der Waals surface area contributed by atoms with Gasteiger partial charge in [-0.05, 0) is 18.4 Å². The Bertz CT molecular complexity index is 459. The van der Waals surface area contributed by atoms with Crippen molar-refractivity contribution in [1.82, 2.24) is 4.90 Å². The van der Waals surface area contributed by atoms with Crippen molar-refractivity contribution >= 4 is 40.2 Å². The largest absolute Gasteiger partial charge is 0.454 e. The molecule has 0 aromatic carbocycles. The summed E-state index contributed by atoms with van der Waals surface area (Å²) in [5.74, 6) is 0.788. The van der Waals surface area contributed by atoms with Gasteiger partial charge in [-0.15, -0.1) is 0 Å². The summed E-state index contributed by atoms with van der Waals surface area (Å²) in [5, 5.41) is 0. The van der Waals surface area contributed by atoms with Crippen molar-refractivity contribution in [2.45, 2.75) is 39.3 Å². The lowest BCUT2D eigenvalue weighted by Crippen LogP contribution is -2.42. The van der Waals surface area contributed by atoms with Gasteiger partial charge in [-0.1, -0.05) is 37.8 Å². The third-order valence-electron chi connectivity index (χ3n) is 3.42. The highest BCUT2D eigenvalue weighted by Gasteiger charge is 2.37. The average Bonchev–Trinajstić information content (AvgIpc) is 2.82. The minimum atomic E-state index is -0.429. The van der Waals surface area contributed by atoms with Crippen molar-refractivity contribution in [3.63, 3.8) is 0 Å². The lowest BCUT2D eigenvalue weighted by molar-refractivity contribution is -0.141. The Morgan fingerprint density at radius 2 is 2.32 bits per heavy atom. The molecule has 0 unspecified atom stereocenters. The van der Waals surface area contributed by atoms with Crippen molar-refractivity contribution < 1.29 is 14.3 Å². The molecule has 1 saturated heterocycles. The van der Waals surface area contributed by atoms with E-state index in [9.17, 15) is 9.59 Å². The zero-order chi connectivity index (χ0) is 14.2. The summed E-state index contributed by atoms with van der Waals surface area (Å²) in [7, 11) is 0. The number of thiocarbonyl (C=S) groups is 1. The van der Waals surface area contributed by atoms with Crippen LogP contribution in [0.2, 0.25) is 0 Å². The maximum Gasteiger partial charge on any atom is 0.331 e. The fraction of sp³-hybridized carbons (Fsp3) is 0.615. The van der Waals surface area contributed by atoms with Gasteiger partial charge in [0.1, 0.15) is 10.4 Å². The van der Waals surface area contributed by atoms with Crippen LogP contribution in [-0.4, -0.2) is 39.0 Å². The first kappa shape index (κ1) is 14.5. The van der Waals surface area contributed by atoms with Crippen molar-refractivity contribution in [2.24, 2.45) is 5.92 Å². The number of carbonyl (C=O) groups is 2. The van der Waals surface area contributed by atoms with E-state index in [1.54, 1.807) is 23.6 Å². The molecule has 0 bridgehead atoms. The number of amides is 1. The van der Waals surface area contributed by atoms with Crippen LogP contribution in [0.3, 0.4) is 0 Å². The van der Waals surface area contributed by atoms with E-state index >= 15 is 0 Å². The van der Waals surface area contributed by atoms with Crippen LogP contribution in [0.5, 0.6) is 0 Å². The molecule has 1 amide bonds. The highest BCUT2D eigenvalue weighted by Crippen LogP contribution is 2.30. The van der Waals surface area contributed by atoms with E-state index < -0.39 is 6.10 Å². The molecule has 0 aromatic rings. The highest BCUT2D eigenvalue weighted by molar-refractivity contribution is 8.23. The summed E-state index contributed by atoms with van der Waals surface area (Å²) >= 11 is 6.80. The molecule has 2 rings (SSSR count). The van der Waals surface area contributed by atoms with Gasteiger partial charge in [0.15, 0.2) is 0 Å². The maximum atomic E-state index is 12.4. The third kappa shape index (κ3) is 3.00. The fourth-order valence-corrected chi connectivity index (χ4v) is 3.88. The van der Waals surface area contributed by atoms with Crippen LogP contribution in [0.15, 0.2) is 11.6 Å². The Hall–Kier alpha value is -0.880. The molecule has 0 saturated carbocycles. The smallest absolute Gasteiger partial charge is 0.331 e. The van der Waals surface area contributed by atoms with E-state index in [0.29, 0.717) is 10.2 Å². The second-order valence-electron chi connectivity index (χ2n) is 5.17. The molecule has 2 aliphatic heterocycles. The Morgan fingerprint density at radius 3 is 2.84 bits per heavy atom. The molecule has 6 heteroatoms. The molecule has 0 radical (unpaired) electrons. The van der Waals surface area contributed by atoms with E-state index in [-0.39, 0.29) is 24.3 Å². The normalized spacial score (nSPS) is 26.9. The molecule has 1 fully saturated rings. The van der Waals surface area contributed by atoms with E-state index in [1.165, 1.54) is 6.08 Å². The highest BCUT2D eigenvalue weighted by atomic mass is 32.2. The minimum Gasteiger partial charge on any atom is -0.454 e. The first-order valence-corrected chi connectivity index (χ1v) is 7.67. The molecule has 0 N–H and O–H groups in total. The van der Waals surface area contributed by atoms with E-state index in [2.05, 4.69) is 13.8 Å². The van der Waals surface area contributed by atoms with Crippen molar-refractivity contribution in [3.05, 3.63) is 11.6 Å². The van der Waals surface area contributed by atoms with Crippen molar-refractivity contribution in [2.75, 3.05) is 5.75 Å². The average molecular weight is 299 g/mol. The van der Waals surface area contributed by atoms with Crippen LogP contribution >= 0.6 is 24.0 Å². The number of hydrogen-bond donors (Lipinski definition) is 0. The Balaban J connectivity index is 2.05. The predicted octanol–water partition coefficient (Wildman–Crippen LogP) is 2.13. The van der Waals surface area contributed by atoms with Crippen molar-refractivity contribution in [1.29, 1.82) is 0 Å². The number of nitrogens with zero attached hydrogens (tertiary/aromatic N) is 1. The third-order valence-corrected chi connectivity index (χ3v) is 4.92. The molecule has 19 heavy (non-hydrogen) atoms. The van der Waals surface area contributed by atoms with Crippen LogP contribution in [0, 0.1) is 5.92 Å². The molecule has 0 aliphatic carbocycles. The summed E-state index contributed by atoms with van der Waals surface area (Å²) in [4.78, 5) is 25.2. The van der Waals surface area contributed by atoms with E-state index in [4.69, 9.17) is 17.0 Å². The number of ether oxygens (including phenoxy) is 1. The molecular formula is C13H17NO3S2. The Morgan fingerprint density at radius 1 is 1.63 bits per heavy atom. The van der Waals surface area contributed by atoms with Gasteiger partial charge in [0.2, 0.25) is 5.91 Å². The van der Waals surface area contributed by atoms with Gasteiger partial charge in [-0.3, -0.25) is 9.69 Å². The number of cyclic esters (lactones) is 1. The lowest BCUT2D eigenvalue weighted by Gasteiger charge is -2.27. The van der Waals surface area contributed by atoms with E-state index in [0.717, 1.165) is 11.3 Å². The number of carbonyl (C=O) groups excluding carboxylic acids is 2. The molecule has 2 heterocycles. The maximum absolute atomic E-state index is 12.4. The lowest BCUT2D eigenvalue weighted by atomic mass is 10.0. The first-order chi connectivity index (χ1) is 8.90. The Labute approximate surface area is 122 Å². The van der Waals surface area contributed by atoms with Gasteiger partial charge in [-0.2, -0.15) is 0 Å².